The summed E-state index contributed by atoms with van der Waals surface area (Å²) in [6.45, 7) is 2.49. The van der Waals surface area contributed by atoms with Crippen molar-refractivity contribution in [1.29, 1.82) is 0 Å². The number of anilines is 2. The molecule has 0 spiro atoms. The molecule has 1 aliphatic heterocycles. The van der Waals surface area contributed by atoms with E-state index in [1.54, 1.807) is 24.3 Å². The summed E-state index contributed by atoms with van der Waals surface area (Å²) in [5, 5.41) is 2.22. The van der Waals surface area contributed by atoms with Crippen molar-refractivity contribution < 1.29 is 23.9 Å². The largest absolute Gasteiger partial charge is 0.493 e. The third kappa shape index (κ3) is 4.69. The normalized spacial score (nSPS) is 15.2. The van der Waals surface area contributed by atoms with Gasteiger partial charge in [0.15, 0.2) is 11.5 Å². The lowest BCUT2D eigenvalue weighted by molar-refractivity contribution is -0.122. The zero-order chi connectivity index (χ0) is 22.5. The highest BCUT2D eigenvalue weighted by Crippen LogP contribution is 2.33. The third-order valence-corrected chi connectivity index (χ3v) is 4.69. The predicted octanol–water partition coefficient (Wildman–Crippen LogP) is 3.22. The van der Waals surface area contributed by atoms with Crippen LogP contribution < -0.4 is 24.6 Å². The zero-order valence-electron chi connectivity index (χ0n) is 18.0. The molecule has 4 amide bonds. The molecule has 1 saturated heterocycles. The van der Waals surface area contributed by atoms with Crippen molar-refractivity contribution in [1.82, 2.24) is 5.32 Å². The van der Waals surface area contributed by atoms with Crippen LogP contribution in [0.4, 0.5) is 16.2 Å². The van der Waals surface area contributed by atoms with Crippen LogP contribution in [-0.4, -0.2) is 45.7 Å². The minimum Gasteiger partial charge on any atom is -0.493 e. The summed E-state index contributed by atoms with van der Waals surface area (Å²) in [6, 6.07) is 11.3. The number of carbonyl (C=O) groups excluding carboxylic acids is 3. The summed E-state index contributed by atoms with van der Waals surface area (Å²) in [6.07, 6.45) is 2.29. The number of amides is 4. The maximum absolute atomic E-state index is 13.1. The lowest BCUT2D eigenvalue weighted by Gasteiger charge is -2.27. The van der Waals surface area contributed by atoms with Crippen LogP contribution in [0.15, 0.2) is 48.0 Å². The second kappa shape index (κ2) is 9.34. The average molecular weight is 423 g/mol. The molecular weight excluding hydrogens is 398 g/mol. The smallest absolute Gasteiger partial charge is 0.335 e. The summed E-state index contributed by atoms with van der Waals surface area (Å²) >= 11 is 0. The predicted molar refractivity (Wildman–Crippen MR) is 119 cm³/mol. The number of urea groups is 1. The van der Waals surface area contributed by atoms with Gasteiger partial charge in [-0.2, -0.15) is 0 Å². The van der Waals surface area contributed by atoms with Crippen LogP contribution in [0.25, 0.3) is 6.08 Å². The number of nitrogens with zero attached hydrogens (tertiary/aromatic N) is 2. The highest BCUT2D eigenvalue weighted by molar-refractivity contribution is 6.39. The molecule has 0 aromatic heterocycles. The molecule has 0 atom stereocenters. The molecule has 1 aliphatic rings. The second-order valence-electron chi connectivity index (χ2n) is 7.13. The number of benzene rings is 2. The molecule has 2 aromatic carbocycles. The Balaban J connectivity index is 1.94. The van der Waals surface area contributed by atoms with Gasteiger partial charge in [-0.15, -0.1) is 0 Å². The molecule has 1 heterocycles. The lowest BCUT2D eigenvalue weighted by atomic mass is 10.1. The first-order valence-corrected chi connectivity index (χ1v) is 9.85. The molecule has 3 rings (SSSR count). The SMILES string of the molecule is CCCOc1ccc(N2C(=O)NC(=O)/C(=C\c3ccc(N(C)C)cc3)C2=O)cc1OC. The molecule has 0 aliphatic carbocycles. The Morgan fingerprint density at radius 2 is 1.74 bits per heavy atom. The van der Waals surface area contributed by atoms with Gasteiger partial charge in [0.1, 0.15) is 5.57 Å². The number of barbiturate groups is 1. The molecule has 1 fully saturated rings. The van der Waals surface area contributed by atoms with Crippen LogP contribution in [0.3, 0.4) is 0 Å². The first kappa shape index (κ1) is 21.9. The van der Waals surface area contributed by atoms with Crippen molar-refractivity contribution in [2.24, 2.45) is 0 Å². The van der Waals surface area contributed by atoms with Crippen LogP contribution in [0.2, 0.25) is 0 Å². The lowest BCUT2D eigenvalue weighted by Crippen LogP contribution is -2.54. The molecule has 31 heavy (non-hydrogen) atoms. The van der Waals surface area contributed by atoms with Gasteiger partial charge in [-0.1, -0.05) is 19.1 Å². The fourth-order valence-electron chi connectivity index (χ4n) is 3.05. The van der Waals surface area contributed by atoms with E-state index in [1.165, 1.54) is 19.3 Å². The topological polar surface area (TPSA) is 88.2 Å². The molecule has 1 N–H and O–H groups in total. The van der Waals surface area contributed by atoms with Crippen molar-refractivity contribution in [3.63, 3.8) is 0 Å². The summed E-state index contributed by atoms with van der Waals surface area (Å²) < 4.78 is 11.0. The Hall–Kier alpha value is -3.81. The van der Waals surface area contributed by atoms with Gasteiger partial charge >= 0.3 is 6.03 Å². The third-order valence-electron chi connectivity index (χ3n) is 4.69. The molecule has 0 saturated carbocycles. The number of rotatable bonds is 7. The van der Waals surface area contributed by atoms with E-state index < -0.39 is 17.8 Å². The molecule has 8 heteroatoms. The van der Waals surface area contributed by atoms with E-state index in [-0.39, 0.29) is 11.3 Å². The molecule has 0 unspecified atom stereocenters. The van der Waals surface area contributed by atoms with Crippen molar-refractivity contribution in [2.45, 2.75) is 13.3 Å². The van der Waals surface area contributed by atoms with Gasteiger partial charge < -0.3 is 14.4 Å². The Morgan fingerprint density at radius 3 is 2.35 bits per heavy atom. The van der Waals surface area contributed by atoms with Gasteiger partial charge in [0.2, 0.25) is 0 Å². The highest BCUT2D eigenvalue weighted by atomic mass is 16.5. The highest BCUT2D eigenvalue weighted by Gasteiger charge is 2.37. The molecule has 2 aromatic rings. The molecular formula is C23H25N3O5. The van der Waals surface area contributed by atoms with Crippen molar-refractivity contribution in [3.05, 3.63) is 53.6 Å². The zero-order valence-corrected chi connectivity index (χ0v) is 18.0. The fraction of sp³-hybridized carbons (Fsp3) is 0.261. The van der Waals surface area contributed by atoms with Crippen molar-refractivity contribution >= 4 is 35.3 Å². The molecule has 0 bridgehead atoms. The fourth-order valence-corrected chi connectivity index (χ4v) is 3.05. The Morgan fingerprint density at radius 1 is 1.03 bits per heavy atom. The summed E-state index contributed by atoms with van der Waals surface area (Å²) in [7, 11) is 5.31. The minimum atomic E-state index is -0.820. The van der Waals surface area contributed by atoms with E-state index >= 15 is 0 Å². The van der Waals surface area contributed by atoms with Gasteiger partial charge in [-0.3, -0.25) is 14.9 Å². The Kier molecular flexibility index (Phi) is 6.59. The number of methoxy groups -OCH3 is 1. The Labute approximate surface area is 181 Å². The average Bonchev–Trinajstić information content (AvgIpc) is 2.75. The number of carbonyl (C=O) groups is 3. The van der Waals surface area contributed by atoms with Gasteiger partial charge in [0.05, 0.1) is 19.4 Å². The van der Waals surface area contributed by atoms with E-state index in [2.05, 4.69) is 5.32 Å². The van der Waals surface area contributed by atoms with Crippen LogP contribution in [0.5, 0.6) is 11.5 Å². The van der Waals surface area contributed by atoms with Crippen LogP contribution >= 0.6 is 0 Å². The van der Waals surface area contributed by atoms with E-state index in [0.717, 1.165) is 17.0 Å². The second-order valence-corrected chi connectivity index (χ2v) is 7.13. The quantitative estimate of drug-likeness (QED) is 0.544. The summed E-state index contributed by atoms with van der Waals surface area (Å²) in [4.78, 5) is 40.8. The maximum atomic E-state index is 13.1. The summed E-state index contributed by atoms with van der Waals surface area (Å²) in [5.74, 6) is -0.563. The van der Waals surface area contributed by atoms with Gasteiger partial charge in [-0.25, -0.2) is 9.69 Å². The number of hydrogen-bond acceptors (Lipinski definition) is 6. The first-order chi connectivity index (χ1) is 14.8. The van der Waals surface area contributed by atoms with Gasteiger partial charge in [0.25, 0.3) is 11.8 Å². The maximum Gasteiger partial charge on any atom is 0.335 e. The van der Waals surface area contributed by atoms with E-state index in [0.29, 0.717) is 23.7 Å². The monoisotopic (exact) mass is 423 g/mol. The molecule has 162 valence electrons. The van der Waals surface area contributed by atoms with E-state index in [1.807, 2.05) is 38.1 Å². The van der Waals surface area contributed by atoms with Gasteiger partial charge in [0, 0.05) is 25.8 Å². The van der Waals surface area contributed by atoms with Crippen LogP contribution in [0.1, 0.15) is 18.9 Å². The minimum absolute atomic E-state index is 0.137. The van der Waals surface area contributed by atoms with Crippen molar-refractivity contribution in [3.8, 4) is 11.5 Å². The summed E-state index contributed by atoms with van der Waals surface area (Å²) in [5.41, 5.74) is 1.78. The number of hydrogen-bond donors (Lipinski definition) is 1. The van der Waals surface area contributed by atoms with E-state index in [4.69, 9.17) is 9.47 Å². The molecule has 8 nitrogen and oxygen atoms in total. The van der Waals surface area contributed by atoms with Crippen LogP contribution in [0, 0.1) is 0 Å². The van der Waals surface area contributed by atoms with Crippen molar-refractivity contribution in [2.75, 3.05) is 37.6 Å². The number of ether oxygens (including phenoxy) is 2. The van der Waals surface area contributed by atoms with E-state index in [9.17, 15) is 14.4 Å². The van der Waals surface area contributed by atoms with Crippen LogP contribution in [-0.2, 0) is 9.59 Å². The Bertz CT molecular complexity index is 1030. The number of imide groups is 2. The van der Waals surface area contributed by atoms with Gasteiger partial charge in [-0.05, 0) is 42.3 Å². The first-order valence-electron chi connectivity index (χ1n) is 9.85. The number of nitrogens with one attached hydrogen (secondary N) is 1. The standard InChI is InChI=1S/C23H25N3O5/c1-5-12-31-19-11-10-17(14-20(19)30-4)26-22(28)18(21(27)24-23(26)29)13-15-6-8-16(9-7-15)25(2)3/h6-11,13-14H,5,12H2,1-4H3,(H,24,27,29)/b18-13+. The molecule has 0 radical (unpaired) electrons.